The van der Waals surface area contributed by atoms with E-state index in [2.05, 4.69) is 48.6 Å². The van der Waals surface area contributed by atoms with Crippen LogP contribution in [-0.4, -0.2) is 74.7 Å². The van der Waals surface area contributed by atoms with Gasteiger partial charge in [0.05, 0.1) is 50.7 Å². The van der Waals surface area contributed by atoms with Crippen LogP contribution in [0.5, 0.6) is 0 Å². The topological polar surface area (TPSA) is 124 Å². The van der Waals surface area contributed by atoms with Crippen molar-refractivity contribution in [2.24, 2.45) is 71.0 Å². The summed E-state index contributed by atoms with van der Waals surface area (Å²) in [5.41, 5.74) is -2.97. The average molecular weight is 685 g/mol. The molecule has 50 heavy (non-hydrogen) atoms. The second-order valence-electron chi connectivity index (χ2n) is 16.4. The van der Waals surface area contributed by atoms with Crippen LogP contribution in [0.4, 0.5) is 0 Å². The van der Waals surface area contributed by atoms with Gasteiger partial charge in [-0.2, -0.15) is 0 Å². The van der Waals surface area contributed by atoms with Crippen LogP contribution in [0.25, 0.3) is 0 Å². The molecule has 10 heteroatoms. The molecule has 0 aromatic rings. The number of esters is 4. The summed E-state index contributed by atoms with van der Waals surface area (Å²) in [6.45, 7) is 7.76. The zero-order chi connectivity index (χ0) is 35.4. The predicted octanol–water partition coefficient (Wildman–Crippen LogP) is 4.08. The van der Waals surface area contributed by atoms with Crippen LogP contribution in [0.2, 0.25) is 0 Å². The summed E-state index contributed by atoms with van der Waals surface area (Å²) in [5.74, 6) is -1.60. The summed E-state index contributed by atoms with van der Waals surface area (Å²) in [6.07, 6.45) is 18.8. The zero-order valence-corrected chi connectivity index (χ0v) is 29.6. The van der Waals surface area contributed by atoms with Crippen molar-refractivity contribution in [3.05, 3.63) is 70.9 Å². The van der Waals surface area contributed by atoms with Gasteiger partial charge in [0.1, 0.15) is 22.4 Å². The van der Waals surface area contributed by atoms with Gasteiger partial charge >= 0.3 is 23.9 Å². The Kier molecular flexibility index (Phi) is 6.41. The smallest absolute Gasteiger partial charge is 0.337 e. The molecule has 0 amide bonds. The Morgan fingerprint density at radius 1 is 0.400 bits per heavy atom. The van der Waals surface area contributed by atoms with Crippen LogP contribution < -0.4 is 0 Å². The molecule has 2 saturated heterocycles. The molecule has 0 spiro atoms. The molecule has 0 N–H and O–H groups in total. The highest BCUT2D eigenvalue weighted by atomic mass is 16.6. The summed E-state index contributed by atoms with van der Waals surface area (Å²) >= 11 is 0. The second kappa shape index (κ2) is 9.97. The molecular weight excluding hydrogens is 640 g/mol. The molecule has 11 aliphatic rings. The average Bonchev–Trinajstić information content (AvgIpc) is 3.70. The number of hydrogen-bond donors (Lipinski definition) is 0. The Hall–Kier alpha value is -3.76. The number of carbonyl (C=O) groups excluding carboxylic acids is 4. The van der Waals surface area contributed by atoms with E-state index in [4.69, 9.17) is 28.4 Å². The molecule has 0 aromatic heterocycles. The molecule has 0 radical (unpaired) electrons. The van der Waals surface area contributed by atoms with Crippen LogP contribution in [-0.2, 0) is 47.6 Å². The molecule has 8 unspecified atom stereocenters. The van der Waals surface area contributed by atoms with Gasteiger partial charge in [-0.15, -0.1) is 0 Å². The first-order valence-corrected chi connectivity index (χ1v) is 17.7. The van der Waals surface area contributed by atoms with Crippen molar-refractivity contribution in [3.8, 4) is 0 Å². The Balaban J connectivity index is 1.13. The van der Waals surface area contributed by atoms with Gasteiger partial charge < -0.3 is 28.4 Å². The molecular formula is C40H44O10. The maximum absolute atomic E-state index is 13.3. The predicted molar refractivity (Wildman–Crippen MR) is 176 cm³/mol. The van der Waals surface area contributed by atoms with E-state index in [1.807, 2.05) is 27.7 Å². The molecule has 4 heterocycles. The molecule has 7 aliphatic carbocycles. The van der Waals surface area contributed by atoms with Crippen molar-refractivity contribution in [3.63, 3.8) is 0 Å². The van der Waals surface area contributed by atoms with Gasteiger partial charge in [-0.05, 0) is 75.0 Å². The van der Waals surface area contributed by atoms with Crippen LogP contribution >= 0.6 is 0 Å². The van der Waals surface area contributed by atoms with Crippen molar-refractivity contribution < 1.29 is 47.6 Å². The van der Waals surface area contributed by atoms with Crippen LogP contribution in [0, 0.1) is 71.0 Å². The molecule has 264 valence electrons. The fourth-order valence-electron chi connectivity index (χ4n) is 13.5. The molecule has 4 aliphatic heterocycles. The number of fused-ring (bicyclic) bond motifs is 4. The lowest BCUT2D eigenvalue weighted by Crippen LogP contribution is -2.59. The zero-order valence-electron chi connectivity index (χ0n) is 29.6. The van der Waals surface area contributed by atoms with Gasteiger partial charge in [-0.3, -0.25) is 0 Å². The van der Waals surface area contributed by atoms with Crippen LogP contribution in [0.1, 0.15) is 27.7 Å². The van der Waals surface area contributed by atoms with Crippen molar-refractivity contribution >= 4 is 23.9 Å². The van der Waals surface area contributed by atoms with Crippen molar-refractivity contribution in [2.75, 3.05) is 28.4 Å². The van der Waals surface area contributed by atoms with Gasteiger partial charge in [-0.1, -0.05) is 48.6 Å². The second-order valence-corrected chi connectivity index (χ2v) is 16.4. The van der Waals surface area contributed by atoms with E-state index in [9.17, 15) is 19.2 Å². The third kappa shape index (κ3) is 3.39. The first-order valence-electron chi connectivity index (χ1n) is 17.7. The Morgan fingerprint density at radius 2 is 0.580 bits per heavy atom. The Labute approximate surface area is 291 Å². The highest BCUT2D eigenvalue weighted by molar-refractivity contribution is 6.06. The van der Waals surface area contributed by atoms with Crippen molar-refractivity contribution in [1.29, 1.82) is 0 Å². The van der Waals surface area contributed by atoms with Gasteiger partial charge in [0, 0.05) is 23.7 Å². The Morgan fingerprint density at radius 3 is 0.760 bits per heavy atom. The lowest BCUT2D eigenvalue weighted by atomic mass is 9.43. The number of allylic oxidation sites excluding steroid dienone is 8. The van der Waals surface area contributed by atoms with E-state index in [0.717, 1.165) is 0 Å². The molecule has 16 atom stereocenters. The van der Waals surface area contributed by atoms with Crippen LogP contribution in [0.3, 0.4) is 0 Å². The van der Waals surface area contributed by atoms with E-state index >= 15 is 0 Å². The standard InChI is InChI=1S/C40H44O10/c1-37-25-21-13-14-22(26(25)38(2,49-37)30(34(42)46-6)29(37)33(41)45-5)18-11-12-20-19(10-9-17(18)21)23-15-16-24(20)28-27(23)39(3)31(35(43)47-7)32(36(44)48-8)40(28,4)50-39/h9-28H,1-8H3/b10-9-,12-11-/t17?,18?,19?,20?,21-,22+,23+,24-,25?,26?,27?,28?,37-,38+,39+,40-. The van der Waals surface area contributed by atoms with E-state index in [1.54, 1.807) is 0 Å². The summed E-state index contributed by atoms with van der Waals surface area (Å²) < 4.78 is 34.7. The fraction of sp³-hybridized carbons (Fsp3) is 0.600. The van der Waals surface area contributed by atoms with Gasteiger partial charge in [0.15, 0.2) is 0 Å². The largest absolute Gasteiger partial charge is 0.466 e. The van der Waals surface area contributed by atoms with Gasteiger partial charge in [0.25, 0.3) is 0 Å². The summed E-state index contributed by atoms with van der Waals surface area (Å²) in [6, 6.07) is 0. The van der Waals surface area contributed by atoms with E-state index in [0.29, 0.717) is 0 Å². The third-order valence-corrected chi connectivity index (χ3v) is 14.8. The summed E-state index contributed by atoms with van der Waals surface area (Å²) in [5, 5.41) is 0. The summed E-state index contributed by atoms with van der Waals surface area (Å²) in [4.78, 5) is 53.4. The molecule has 4 fully saturated rings. The molecule has 10 nitrogen and oxygen atoms in total. The van der Waals surface area contributed by atoms with Crippen molar-refractivity contribution in [1.82, 2.24) is 0 Å². The number of rotatable bonds is 4. The number of hydrogen-bond acceptors (Lipinski definition) is 10. The number of methoxy groups -OCH3 is 4. The highest BCUT2D eigenvalue weighted by Gasteiger charge is 2.77. The van der Waals surface area contributed by atoms with E-state index in [1.165, 1.54) is 28.4 Å². The number of ether oxygens (including phenoxy) is 6. The lowest BCUT2D eigenvalue weighted by molar-refractivity contribution is -0.141. The SMILES string of the molecule is COC(=O)C1=C(C(=O)OC)[C@@]2(C)O[C@]1(C)C1C2[C@H]2C=C[C@@H]1C1/C=C\C3C(/C=C\C12)[C@H]1C=C[C@@H]3C2C1[C@@]1(C)O[C@]2(C)C(C(=O)OC)=C1C(=O)OC. The van der Waals surface area contributed by atoms with Gasteiger partial charge in [-0.25, -0.2) is 19.2 Å². The lowest BCUT2D eigenvalue weighted by Gasteiger charge is -2.58. The maximum atomic E-state index is 13.3. The normalized spacial score (nSPS) is 51.7. The van der Waals surface area contributed by atoms with Crippen molar-refractivity contribution in [2.45, 2.75) is 50.1 Å². The molecule has 11 rings (SSSR count). The first kappa shape index (κ1) is 32.2. The molecule has 8 bridgehead atoms. The Bertz CT molecular complexity index is 1590. The minimum atomic E-state index is -1.02. The quantitative estimate of drug-likeness (QED) is 0.243. The highest BCUT2D eigenvalue weighted by Crippen LogP contribution is 2.73. The van der Waals surface area contributed by atoms with Gasteiger partial charge in [0.2, 0.25) is 0 Å². The minimum Gasteiger partial charge on any atom is -0.466 e. The summed E-state index contributed by atoms with van der Waals surface area (Å²) in [7, 11) is 5.33. The monoisotopic (exact) mass is 684 g/mol. The molecule has 0 aromatic carbocycles. The third-order valence-electron chi connectivity index (χ3n) is 14.8. The van der Waals surface area contributed by atoms with E-state index in [-0.39, 0.29) is 93.3 Å². The molecule has 2 saturated carbocycles. The van der Waals surface area contributed by atoms with Crippen LogP contribution in [0.15, 0.2) is 70.9 Å². The number of carbonyl (C=O) groups is 4. The van der Waals surface area contributed by atoms with E-state index < -0.39 is 46.3 Å². The maximum Gasteiger partial charge on any atom is 0.337 e. The first-order chi connectivity index (χ1) is 23.8. The fourth-order valence-corrected chi connectivity index (χ4v) is 13.5. The minimum absolute atomic E-state index is 0.0473.